The second kappa shape index (κ2) is 5.20. The second-order valence-corrected chi connectivity index (χ2v) is 4.09. The van der Waals surface area contributed by atoms with Gasteiger partial charge in [-0.25, -0.2) is 8.78 Å². The van der Waals surface area contributed by atoms with Crippen molar-refractivity contribution in [2.75, 3.05) is 25.4 Å². The van der Waals surface area contributed by atoms with Gasteiger partial charge in [0.2, 0.25) is 0 Å². The van der Waals surface area contributed by atoms with Gasteiger partial charge in [0.15, 0.2) is 6.10 Å². The lowest BCUT2D eigenvalue weighted by atomic mass is 10.1. The minimum Gasteiger partial charge on any atom is -0.396 e. The van der Waals surface area contributed by atoms with E-state index in [1.165, 1.54) is 4.90 Å². The van der Waals surface area contributed by atoms with E-state index in [-0.39, 0.29) is 30.9 Å². The number of nitrogens with two attached hydrogens (primary N) is 1. The number of nitriles is 1. The number of hydrogen-bond donors (Lipinski definition) is 1. The van der Waals surface area contributed by atoms with E-state index < -0.39 is 23.6 Å². The molecule has 1 aromatic carbocycles. The average molecular weight is 267 g/mol. The molecule has 1 heterocycles. The van der Waals surface area contributed by atoms with Gasteiger partial charge in [-0.05, 0) is 6.07 Å². The van der Waals surface area contributed by atoms with Crippen LogP contribution in [0.2, 0.25) is 0 Å². The molecule has 0 aromatic heterocycles. The number of nitrogens with zero attached hydrogens (tertiary/aromatic N) is 2. The Hall–Kier alpha value is -2.20. The first-order valence-electron chi connectivity index (χ1n) is 5.58. The summed E-state index contributed by atoms with van der Waals surface area (Å²) in [6.07, 6.45) is -0.737. The number of carbonyl (C=O) groups is 1. The van der Waals surface area contributed by atoms with Gasteiger partial charge in [0.1, 0.15) is 11.6 Å². The van der Waals surface area contributed by atoms with Crippen LogP contribution in [0.5, 0.6) is 0 Å². The molecule has 0 radical (unpaired) electrons. The maximum absolute atomic E-state index is 13.6. The molecule has 1 amide bonds. The zero-order valence-electron chi connectivity index (χ0n) is 9.90. The Bertz CT molecular complexity index is 557. The first-order chi connectivity index (χ1) is 9.02. The smallest absolute Gasteiger partial charge is 0.257 e. The number of amides is 1. The lowest BCUT2D eigenvalue weighted by Crippen LogP contribution is -2.45. The first-order valence-corrected chi connectivity index (χ1v) is 5.58. The molecular weight excluding hydrogens is 256 g/mol. The highest BCUT2D eigenvalue weighted by Gasteiger charge is 2.27. The number of halogens is 2. The molecule has 0 spiro atoms. The molecule has 1 atom stereocenters. The molecule has 1 fully saturated rings. The number of nitrogen functional groups attached to an aromatic ring is 1. The van der Waals surface area contributed by atoms with E-state index in [1.54, 1.807) is 0 Å². The quantitative estimate of drug-likeness (QED) is 0.767. The molecular formula is C12H11F2N3O2. The highest BCUT2D eigenvalue weighted by atomic mass is 19.1. The molecule has 0 saturated carbocycles. The third kappa shape index (κ3) is 2.63. The summed E-state index contributed by atoms with van der Waals surface area (Å²) in [4.78, 5) is 13.4. The second-order valence-electron chi connectivity index (χ2n) is 4.09. The number of anilines is 1. The normalized spacial score (nSPS) is 19.0. The Morgan fingerprint density at radius 2 is 2.21 bits per heavy atom. The molecule has 1 unspecified atom stereocenters. The van der Waals surface area contributed by atoms with Crippen LogP contribution >= 0.6 is 0 Å². The summed E-state index contributed by atoms with van der Waals surface area (Å²) in [7, 11) is 0. The summed E-state index contributed by atoms with van der Waals surface area (Å²) in [6, 6.07) is 3.42. The van der Waals surface area contributed by atoms with Crippen LogP contribution in [-0.4, -0.2) is 36.6 Å². The van der Waals surface area contributed by atoms with Crippen molar-refractivity contribution in [1.29, 1.82) is 5.26 Å². The molecule has 0 aliphatic carbocycles. The van der Waals surface area contributed by atoms with Crippen molar-refractivity contribution >= 4 is 11.6 Å². The Labute approximate surface area is 108 Å². The van der Waals surface area contributed by atoms with Gasteiger partial charge in [0.05, 0.1) is 30.5 Å². The Kier molecular flexibility index (Phi) is 3.62. The third-order valence-electron chi connectivity index (χ3n) is 2.81. The van der Waals surface area contributed by atoms with E-state index in [1.807, 2.05) is 6.07 Å². The predicted molar refractivity (Wildman–Crippen MR) is 62.0 cm³/mol. The number of benzene rings is 1. The zero-order valence-corrected chi connectivity index (χ0v) is 9.90. The lowest BCUT2D eigenvalue weighted by Gasteiger charge is -2.29. The lowest BCUT2D eigenvalue weighted by molar-refractivity contribution is 0.00326. The van der Waals surface area contributed by atoms with E-state index in [9.17, 15) is 13.6 Å². The fourth-order valence-corrected chi connectivity index (χ4v) is 1.81. The topological polar surface area (TPSA) is 79.4 Å². The number of rotatable bonds is 1. The summed E-state index contributed by atoms with van der Waals surface area (Å²) >= 11 is 0. The molecule has 5 nitrogen and oxygen atoms in total. The largest absolute Gasteiger partial charge is 0.396 e. The highest BCUT2D eigenvalue weighted by molar-refractivity contribution is 5.95. The molecule has 2 N–H and O–H groups in total. The van der Waals surface area contributed by atoms with Crippen molar-refractivity contribution in [3.63, 3.8) is 0 Å². The Morgan fingerprint density at radius 1 is 1.47 bits per heavy atom. The van der Waals surface area contributed by atoms with E-state index >= 15 is 0 Å². The number of morpholine rings is 1. The summed E-state index contributed by atoms with van der Waals surface area (Å²) in [5, 5.41) is 8.74. The van der Waals surface area contributed by atoms with Crippen LogP contribution in [0, 0.1) is 23.0 Å². The number of carbonyl (C=O) groups excluding carboxylic acids is 1. The van der Waals surface area contributed by atoms with Crippen LogP contribution < -0.4 is 5.73 Å². The van der Waals surface area contributed by atoms with E-state index in [0.717, 1.165) is 6.07 Å². The van der Waals surface area contributed by atoms with Crippen LogP contribution in [0.4, 0.5) is 14.5 Å². The molecule has 1 aliphatic heterocycles. The maximum Gasteiger partial charge on any atom is 0.257 e. The van der Waals surface area contributed by atoms with Crippen molar-refractivity contribution in [2.45, 2.75) is 6.10 Å². The monoisotopic (exact) mass is 267 g/mol. The minimum atomic E-state index is -0.975. The fraction of sp³-hybridized carbons (Fsp3) is 0.333. The van der Waals surface area contributed by atoms with Gasteiger partial charge in [-0.2, -0.15) is 5.26 Å². The van der Waals surface area contributed by atoms with Crippen LogP contribution in [0.25, 0.3) is 0 Å². The zero-order chi connectivity index (χ0) is 14.0. The number of ether oxygens (including phenoxy) is 1. The molecule has 2 rings (SSSR count). The molecule has 100 valence electrons. The molecule has 1 aromatic rings. The molecule has 19 heavy (non-hydrogen) atoms. The van der Waals surface area contributed by atoms with Crippen molar-refractivity contribution in [1.82, 2.24) is 4.90 Å². The standard InChI is InChI=1S/C12H11F2N3O2/c13-9-4-10(14)11(16)3-8(9)12(18)17-1-2-19-7(5-15)6-17/h3-4,7H,1-2,6,16H2. The van der Waals surface area contributed by atoms with Crippen LogP contribution in [0.3, 0.4) is 0 Å². The summed E-state index contributed by atoms with van der Waals surface area (Å²) in [5.74, 6) is -2.52. The van der Waals surface area contributed by atoms with Gasteiger partial charge in [-0.3, -0.25) is 4.79 Å². The van der Waals surface area contributed by atoms with Gasteiger partial charge in [0.25, 0.3) is 5.91 Å². The van der Waals surface area contributed by atoms with Crippen LogP contribution in [0.1, 0.15) is 10.4 Å². The van der Waals surface area contributed by atoms with Gasteiger partial charge >= 0.3 is 0 Å². The van der Waals surface area contributed by atoms with E-state index in [4.69, 9.17) is 15.7 Å². The number of hydrogen-bond acceptors (Lipinski definition) is 4. The van der Waals surface area contributed by atoms with Crippen molar-refractivity contribution in [3.05, 3.63) is 29.3 Å². The van der Waals surface area contributed by atoms with Crippen molar-refractivity contribution in [3.8, 4) is 6.07 Å². The summed E-state index contributed by atoms with van der Waals surface area (Å²) in [6.45, 7) is 0.488. The first kappa shape index (κ1) is 13.2. The summed E-state index contributed by atoms with van der Waals surface area (Å²) < 4.78 is 31.7. The summed E-state index contributed by atoms with van der Waals surface area (Å²) in [5.41, 5.74) is 4.72. The molecule has 1 aliphatic rings. The van der Waals surface area contributed by atoms with Crippen LogP contribution in [0.15, 0.2) is 12.1 Å². The van der Waals surface area contributed by atoms with Gasteiger partial charge in [-0.15, -0.1) is 0 Å². The molecule has 0 bridgehead atoms. The average Bonchev–Trinajstić information content (AvgIpc) is 2.42. The van der Waals surface area contributed by atoms with E-state index in [2.05, 4.69) is 0 Å². The Morgan fingerprint density at radius 3 is 2.89 bits per heavy atom. The minimum absolute atomic E-state index is 0.0477. The predicted octanol–water partition coefficient (Wildman–Crippen LogP) is 0.912. The van der Waals surface area contributed by atoms with Gasteiger partial charge < -0.3 is 15.4 Å². The SMILES string of the molecule is N#CC1CN(C(=O)c2cc(N)c(F)cc2F)CCO1. The van der Waals surface area contributed by atoms with Gasteiger partial charge in [0, 0.05) is 12.6 Å². The fourth-order valence-electron chi connectivity index (χ4n) is 1.81. The third-order valence-corrected chi connectivity index (χ3v) is 2.81. The molecule has 7 heteroatoms. The highest BCUT2D eigenvalue weighted by Crippen LogP contribution is 2.19. The van der Waals surface area contributed by atoms with Crippen molar-refractivity contribution < 1.29 is 18.3 Å². The Balaban J connectivity index is 2.25. The van der Waals surface area contributed by atoms with Crippen LogP contribution in [-0.2, 0) is 4.74 Å². The van der Waals surface area contributed by atoms with Crippen molar-refractivity contribution in [2.24, 2.45) is 0 Å². The van der Waals surface area contributed by atoms with Gasteiger partial charge in [-0.1, -0.05) is 0 Å². The van der Waals surface area contributed by atoms with E-state index in [0.29, 0.717) is 6.07 Å². The maximum atomic E-state index is 13.6. The molecule has 1 saturated heterocycles.